The first-order valence-corrected chi connectivity index (χ1v) is 19.4. The van der Waals surface area contributed by atoms with Gasteiger partial charge in [-0.3, -0.25) is 4.40 Å². The maximum atomic E-state index is 5.51. The molecule has 7 aromatic carbocycles. The fraction of sp³-hybridized carbons (Fsp3) is 0.122. The summed E-state index contributed by atoms with van der Waals surface area (Å²) in [6.07, 6.45) is 0. The van der Waals surface area contributed by atoms with E-state index in [-0.39, 0.29) is 6.71 Å². The van der Waals surface area contributed by atoms with Gasteiger partial charge in [-0.1, -0.05) is 147 Å². The number of rotatable bonds is 4. The molecule has 10 rings (SSSR count). The smallest absolute Gasteiger partial charge is 0.242 e. The monoisotopic (exact) mass is 698 g/mol. The van der Waals surface area contributed by atoms with Gasteiger partial charge in [-0.2, -0.15) is 0 Å². The van der Waals surface area contributed by atoms with E-state index >= 15 is 0 Å². The highest BCUT2D eigenvalue weighted by Crippen LogP contribution is 2.41. The van der Waals surface area contributed by atoms with Gasteiger partial charge in [0.05, 0.1) is 21.4 Å². The van der Waals surface area contributed by atoms with E-state index in [2.05, 4.69) is 173 Å². The van der Waals surface area contributed by atoms with Crippen LogP contribution in [-0.2, 0) is 0 Å². The molecule has 2 nitrogen and oxygen atoms in total. The van der Waals surface area contributed by atoms with Crippen molar-refractivity contribution in [3.8, 4) is 11.3 Å². The van der Waals surface area contributed by atoms with Gasteiger partial charge in [-0.05, 0) is 93.6 Å². The van der Waals surface area contributed by atoms with Gasteiger partial charge in [0.2, 0.25) is 6.71 Å². The number of aryl methyl sites for hydroxylation is 6. The molecule has 4 heteroatoms. The van der Waals surface area contributed by atoms with Gasteiger partial charge in [-0.15, -0.1) is 11.3 Å². The molecule has 0 saturated carbocycles. The van der Waals surface area contributed by atoms with E-state index in [1.807, 2.05) is 11.3 Å². The van der Waals surface area contributed by atoms with Gasteiger partial charge in [-0.25, -0.2) is 4.98 Å². The van der Waals surface area contributed by atoms with Gasteiger partial charge in [0, 0.05) is 20.9 Å². The molecule has 10 aromatic rings. The fourth-order valence-corrected chi connectivity index (χ4v) is 10.5. The van der Waals surface area contributed by atoms with E-state index in [0.29, 0.717) is 0 Å². The summed E-state index contributed by atoms with van der Waals surface area (Å²) in [5, 5.41) is 7.44. The van der Waals surface area contributed by atoms with Gasteiger partial charge in [0.15, 0.2) is 5.65 Å². The summed E-state index contributed by atoms with van der Waals surface area (Å²) >= 11 is 1.84. The molecule has 0 unspecified atom stereocenters. The molecule has 0 aliphatic carbocycles. The molecule has 0 fully saturated rings. The fourth-order valence-electron chi connectivity index (χ4n) is 9.36. The standard InChI is InChI=1S/C49H39BN2S/c1-28-21-30(3)45(31(4)22-28)50(46-32(5)23-29(2)24-33(46)6)38-18-15-34(16-19-38)43-27-41-39-13-9-10-14-44(39)53-48(41)49-51-47-40-26-36-12-8-7-11-35(36)25-37(40)17-20-42(47)52(43)49/h7-27H,1-6H3. The van der Waals surface area contributed by atoms with Crippen molar-refractivity contribution >= 4 is 92.8 Å². The highest BCUT2D eigenvalue weighted by molar-refractivity contribution is 7.26. The molecular formula is C49H39BN2S. The van der Waals surface area contributed by atoms with Crippen LogP contribution in [0.1, 0.15) is 33.4 Å². The first kappa shape index (κ1) is 32.0. The Balaban J connectivity index is 1.23. The topological polar surface area (TPSA) is 17.3 Å². The van der Waals surface area contributed by atoms with E-state index in [1.54, 1.807) is 0 Å². The summed E-state index contributed by atoms with van der Waals surface area (Å²) in [4.78, 5) is 5.51. The molecule has 254 valence electrons. The number of pyridine rings is 1. The zero-order chi connectivity index (χ0) is 36.1. The molecule has 0 N–H and O–H groups in total. The Hall–Kier alpha value is -5.71. The third kappa shape index (κ3) is 4.96. The van der Waals surface area contributed by atoms with Crippen molar-refractivity contribution in [2.45, 2.75) is 41.5 Å². The summed E-state index contributed by atoms with van der Waals surface area (Å²) < 4.78 is 4.93. The molecule has 0 saturated heterocycles. The second-order valence-corrected chi connectivity index (χ2v) is 16.2. The Kier molecular flexibility index (Phi) is 7.19. The van der Waals surface area contributed by atoms with Crippen LogP contribution in [0.5, 0.6) is 0 Å². The summed E-state index contributed by atoms with van der Waals surface area (Å²) in [6.45, 7) is 13.7. The molecular weight excluding hydrogens is 659 g/mol. The van der Waals surface area contributed by atoms with E-state index in [0.717, 1.165) is 22.4 Å². The quantitative estimate of drug-likeness (QED) is 0.132. The highest BCUT2D eigenvalue weighted by atomic mass is 32.1. The Labute approximate surface area is 314 Å². The number of benzene rings is 7. The lowest BCUT2D eigenvalue weighted by Crippen LogP contribution is -2.55. The predicted octanol–water partition coefficient (Wildman–Crippen LogP) is 11.2. The van der Waals surface area contributed by atoms with Crippen LogP contribution in [0.15, 0.2) is 127 Å². The maximum Gasteiger partial charge on any atom is 0.242 e. The van der Waals surface area contributed by atoms with Crippen LogP contribution in [0.25, 0.3) is 69.7 Å². The van der Waals surface area contributed by atoms with Crippen LogP contribution in [0.3, 0.4) is 0 Å². The number of imidazole rings is 1. The van der Waals surface area contributed by atoms with Crippen LogP contribution >= 0.6 is 11.3 Å². The molecule has 3 aromatic heterocycles. The summed E-state index contributed by atoms with van der Waals surface area (Å²) in [5.41, 5.74) is 17.7. The SMILES string of the molecule is Cc1cc(C)c(B(c2ccc(-c3cc4c5ccccc5sc4c4nc5c6cc7ccccc7cc6ccc5n34)cc2)c2c(C)cc(C)cc2C)c(C)c1. The lowest BCUT2D eigenvalue weighted by atomic mass is 9.34. The number of hydrogen-bond acceptors (Lipinski definition) is 2. The van der Waals surface area contributed by atoms with E-state index in [1.165, 1.54) is 97.0 Å². The molecule has 3 heterocycles. The van der Waals surface area contributed by atoms with Crippen molar-refractivity contribution in [3.05, 3.63) is 161 Å². The first-order valence-electron chi connectivity index (χ1n) is 18.6. The molecule has 0 radical (unpaired) electrons. The van der Waals surface area contributed by atoms with Crippen molar-refractivity contribution in [2.75, 3.05) is 0 Å². The van der Waals surface area contributed by atoms with E-state index < -0.39 is 0 Å². The van der Waals surface area contributed by atoms with Crippen LogP contribution in [0.4, 0.5) is 0 Å². The molecule has 0 atom stereocenters. The third-order valence-electron chi connectivity index (χ3n) is 11.5. The number of fused-ring (bicyclic) bond motifs is 10. The van der Waals surface area contributed by atoms with Crippen LogP contribution in [0, 0.1) is 41.5 Å². The van der Waals surface area contributed by atoms with Crippen LogP contribution < -0.4 is 16.4 Å². The number of aromatic nitrogens is 2. The molecule has 0 aliphatic heterocycles. The number of hydrogen-bond donors (Lipinski definition) is 0. The van der Waals surface area contributed by atoms with Crippen LogP contribution in [-0.4, -0.2) is 16.1 Å². The molecule has 0 spiro atoms. The number of nitrogens with zero attached hydrogens (tertiary/aromatic N) is 2. The Bertz CT molecular complexity index is 3020. The summed E-state index contributed by atoms with van der Waals surface area (Å²) in [7, 11) is 0. The lowest BCUT2D eigenvalue weighted by Gasteiger charge is -2.25. The second kappa shape index (κ2) is 11.9. The zero-order valence-electron chi connectivity index (χ0n) is 31.0. The average molecular weight is 699 g/mol. The predicted molar refractivity (Wildman–Crippen MR) is 232 cm³/mol. The maximum absolute atomic E-state index is 5.51. The third-order valence-corrected chi connectivity index (χ3v) is 12.6. The Morgan fingerprint density at radius 2 is 1.13 bits per heavy atom. The van der Waals surface area contributed by atoms with Crippen molar-refractivity contribution in [1.82, 2.24) is 9.38 Å². The minimum Gasteiger partial charge on any atom is -0.291 e. The minimum absolute atomic E-state index is 0.129. The summed E-state index contributed by atoms with van der Waals surface area (Å²) in [6, 6.07) is 47.8. The van der Waals surface area contributed by atoms with Gasteiger partial charge in [0.1, 0.15) is 0 Å². The van der Waals surface area contributed by atoms with Gasteiger partial charge in [0.25, 0.3) is 0 Å². The Morgan fingerprint density at radius 3 is 1.79 bits per heavy atom. The van der Waals surface area contributed by atoms with Crippen molar-refractivity contribution in [3.63, 3.8) is 0 Å². The lowest BCUT2D eigenvalue weighted by molar-refractivity contribution is 1.25. The van der Waals surface area contributed by atoms with Gasteiger partial charge >= 0.3 is 0 Å². The summed E-state index contributed by atoms with van der Waals surface area (Å²) in [5.74, 6) is 0. The van der Waals surface area contributed by atoms with E-state index in [4.69, 9.17) is 4.98 Å². The normalized spacial score (nSPS) is 12.0. The van der Waals surface area contributed by atoms with Gasteiger partial charge < -0.3 is 0 Å². The second-order valence-electron chi connectivity index (χ2n) is 15.2. The van der Waals surface area contributed by atoms with Crippen LogP contribution in [0.2, 0.25) is 0 Å². The molecule has 0 aliphatic rings. The van der Waals surface area contributed by atoms with Crippen molar-refractivity contribution in [2.24, 2.45) is 0 Å². The molecule has 0 amide bonds. The minimum atomic E-state index is 0.129. The van der Waals surface area contributed by atoms with Crippen molar-refractivity contribution < 1.29 is 0 Å². The average Bonchev–Trinajstić information content (AvgIpc) is 3.72. The van der Waals surface area contributed by atoms with E-state index in [9.17, 15) is 0 Å². The highest BCUT2D eigenvalue weighted by Gasteiger charge is 2.29. The first-order chi connectivity index (χ1) is 25.7. The number of thiophene rings is 1. The Morgan fingerprint density at radius 1 is 0.528 bits per heavy atom. The zero-order valence-corrected chi connectivity index (χ0v) is 31.8. The largest absolute Gasteiger partial charge is 0.291 e. The molecule has 53 heavy (non-hydrogen) atoms. The molecule has 0 bridgehead atoms. The van der Waals surface area contributed by atoms with Crippen molar-refractivity contribution in [1.29, 1.82) is 0 Å².